The molecule has 1 aromatic carbocycles. The molecule has 1 heterocycles. The first-order valence-corrected chi connectivity index (χ1v) is 5.64. The van der Waals surface area contributed by atoms with Crippen molar-refractivity contribution >= 4 is 11.6 Å². The van der Waals surface area contributed by atoms with Crippen molar-refractivity contribution < 1.29 is 5.11 Å². The molecule has 1 aromatic rings. The highest BCUT2D eigenvalue weighted by Gasteiger charge is 2.32. The van der Waals surface area contributed by atoms with Crippen LogP contribution >= 0.6 is 11.6 Å². The maximum atomic E-state index is 9.34. The molecule has 0 spiro atoms. The fourth-order valence-electron chi connectivity index (χ4n) is 2.40. The largest absolute Gasteiger partial charge is 0.396 e. The van der Waals surface area contributed by atoms with E-state index < -0.39 is 0 Å². The molecular formula is C12H16ClNO. The zero-order valence-corrected chi connectivity index (χ0v) is 9.61. The summed E-state index contributed by atoms with van der Waals surface area (Å²) in [5, 5.41) is 10.2. The molecule has 82 valence electrons. The molecule has 1 fully saturated rings. The Morgan fingerprint density at radius 2 is 2.13 bits per heavy atom. The van der Waals surface area contributed by atoms with Crippen LogP contribution in [-0.2, 0) is 0 Å². The zero-order valence-electron chi connectivity index (χ0n) is 8.86. The smallest absolute Gasteiger partial charge is 0.0477 e. The van der Waals surface area contributed by atoms with Crippen molar-refractivity contribution in [2.45, 2.75) is 5.92 Å². The van der Waals surface area contributed by atoms with Gasteiger partial charge in [-0.25, -0.2) is 0 Å². The van der Waals surface area contributed by atoms with E-state index >= 15 is 0 Å². The second-order valence-corrected chi connectivity index (χ2v) is 4.70. The van der Waals surface area contributed by atoms with Crippen molar-refractivity contribution in [3.63, 3.8) is 0 Å². The highest BCUT2D eigenvalue weighted by atomic mass is 35.5. The van der Waals surface area contributed by atoms with E-state index in [0.29, 0.717) is 11.8 Å². The van der Waals surface area contributed by atoms with Crippen LogP contribution in [-0.4, -0.2) is 36.8 Å². The summed E-state index contributed by atoms with van der Waals surface area (Å²) in [5.74, 6) is 0.684. The molecular weight excluding hydrogens is 210 g/mol. The average Bonchev–Trinajstić information content (AvgIpc) is 2.60. The summed E-state index contributed by atoms with van der Waals surface area (Å²) in [6.07, 6.45) is 0. The van der Waals surface area contributed by atoms with Crippen molar-refractivity contribution in [3.05, 3.63) is 34.9 Å². The number of likely N-dealkylation sites (N-methyl/N-ethyl adjacent to an activating group) is 1. The molecule has 2 nitrogen and oxygen atoms in total. The van der Waals surface area contributed by atoms with E-state index in [9.17, 15) is 5.11 Å². The van der Waals surface area contributed by atoms with E-state index in [0.717, 1.165) is 18.1 Å². The van der Waals surface area contributed by atoms with Gasteiger partial charge < -0.3 is 10.0 Å². The van der Waals surface area contributed by atoms with Crippen molar-refractivity contribution in [2.24, 2.45) is 5.92 Å². The van der Waals surface area contributed by atoms with Crippen molar-refractivity contribution in [3.8, 4) is 0 Å². The molecule has 0 radical (unpaired) electrons. The predicted molar refractivity (Wildman–Crippen MR) is 62.3 cm³/mol. The monoisotopic (exact) mass is 225 g/mol. The van der Waals surface area contributed by atoms with Gasteiger partial charge in [-0.3, -0.25) is 0 Å². The second-order valence-electron chi connectivity index (χ2n) is 4.29. The lowest BCUT2D eigenvalue weighted by Gasteiger charge is -2.17. The Bertz CT molecular complexity index is 342. The molecule has 2 rings (SSSR count). The lowest BCUT2D eigenvalue weighted by atomic mass is 9.89. The zero-order chi connectivity index (χ0) is 10.8. The van der Waals surface area contributed by atoms with Gasteiger partial charge in [0.25, 0.3) is 0 Å². The Labute approximate surface area is 95.5 Å². The lowest BCUT2D eigenvalue weighted by Crippen LogP contribution is -2.16. The Morgan fingerprint density at radius 1 is 1.40 bits per heavy atom. The van der Waals surface area contributed by atoms with E-state index in [1.807, 2.05) is 18.2 Å². The van der Waals surface area contributed by atoms with Gasteiger partial charge in [0.2, 0.25) is 0 Å². The molecule has 2 atom stereocenters. The van der Waals surface area contributed by atoms with E-state index in [2.05, 4.69) is 18.0 Å². The summed E-state index contributed by atoms with van der Waals surface area (Å²) in [7, 11) is 2.08. The molecule has 1 aliphatic rings. The van der Waals surface area contributed by atoms with Gasteiger partial charge in [-0.2, -0.15) is 0 Å². The molecule has 0 bridgehead atoms. The number of aliphatic hydroxyl groups excluding tert-OH is 1. The standard InChI is InChI=1S/C12H16ClNO/c1-14-6-9(8-15)11(7-14)10-4-2-3-5-12(10)13/h2-5,9,11,15H,6-8H2,1H3/t9-,11+/m1/s1. The van der Waals surface area contributed by atoms with Crippen LogP contribution in [0.2, 0.25) is 5.02 Å². The minimum atomic E-state index is 0.236. The Morgan fingerprint density at radius 3 is 2.80 bits per heavy atom. The number of hydrogen-bond acceptors (Lipinski definition) is 2. The molecule has 15 heavy (non-hydrogen) atoms. The van der Waals surface area contributed by atoms with E-state index in [4.69, 9.17) is 11.6 Å². The van der Waals surface area contributed by atoms with Gasteiger partial charge in [0.05, 0.1) is 0 Å². The van der Waals surface area contributed by atoms with Gasteiger partial charge in [-0.15, -0.1) is 0 Å². The number of nitrogens with zero attached hydrogens (tertiary/aromatic N) is 1. The molecule has 0 saturated carbocycles. The Kier molecular flexibility index (Phi) is 3.29. The fraction of sp³-hybridized carbons (Fsp3) is 0.500. The highest BCUT2D eigenvalue weighted by Crippen LogP contribution is 2.35. The molecule has 0 aliphatic carbocycles. The summed E-state index contributed by atoms with van der Waals surface area (Å²) in [5.41, 5.74) is 1.17. The van der Waals surface area contributed by atoms with Crippen LogP contribution < -0.4 is 0 Å². The molecule has 1 aliphatic heterocycles. The quantitative estimate of drug-likeness (QED) is 0.832. The third kappa shape index (κ3) is 2.17. The number of hydrogen-bond donors (Lipinski definition) is 1. The van der Waals surface area contributed by atoms with Crippen molar-refractivity contribution in [1.82, 2.24) is 4.90 Å². The Hall–Kier alpha value is -0.570. The first-order valence-electron chi connectivity index (χ1n) is 5.26. The number of halogens is 1. The second kappa shape index (κ2) is 4.52. The fourth-order valence-corrected chi connectivity index (χ4v) is 2.68. The van der Waals surface area contributed by atoms with Crippen LogP contribution in [0.15, 0.2) is 24.3 Å². The number of benzene rings is 1. The minimum Gasteiger partial charge on any atom is -0.396 e. The van der Waals surface area contributed by atoms with Gasteiger partial charge in [-0.1, -0.05) is 29.8 Å². The number of rotatable bonds is 2. The number of likely N-dealkylation sites (tertiary alicyclic amines) is 1. The molecule has 1 N–H and O–H groups in total. The summed E-state index contributed by atoms with van der Waals surface area (Å²) >= 11 is 6.17. The van der Waals surface area contributed by atoms with E-state index in [1.54, 1.807) is 0 Å². The van der Waals surface area contributed by atoms with Gasteiger partial charge in [0, 0.05) is 36.6 Å². The van der Waals surface area contributed by atoms with Crippen LogP contribution in [0.4, 0.5) is 0 Å². The Balaban J connectivity index is 2.26. The van der Waals surface area contributed by atoms with Gasteiger partial charge >= 0.3 is 0 Å². The SMILES string of the molecule is CN1C[C@H](CO)[C@@H](c2ccccc2Cl)C1. The molecule has 0 aromatic heterocycles. The maximum Gasteiger partial charge on any atom is 0.0477 e. The first-order chi connectivity index (χ1) is 7.22. The lowest BCUT2D eigenvalue weighted by molar-refractivity contribution is 0.219. The molecule has 3 heteroatoms. The summed E-state index contributed by atoms with van der Waals surface area (Å²) < 4.78 is 0. The van der Waals surface area contributed by atoms with Gasteiger partial charge in [-0.05, 0) is 18.7 Å². The van der Waals surface area contributed by atoms with Crippen LogP contribution in [0, 0.1) is 5.92 Å². The van der Waals surface area contributed by atoms with Crippen LogP contribution in [0.3, 0.4) is 0 Å². The molecule has 1 saturated heterocycles. The van der Waals surface area contributed by atoms with Crippen LogP contribution in [0.1, 0.15) is 11.5 Å². The highest BCUT2D eigenvalue weighted by molar-refractivity contribution is 6.31. The van der Waals surface area contributed by atoms with Crippen molar-refractivity contribution in [1.29, 1.82) is 0 Å². The van der Waals surface area contributed by atoms with Gasteiger partial charge in [0.15, 0.2) is 0 Å². The summed E-state index contributed by atoms with van der Waals surface area (Å²) in [6, 6.07) is 7.94. The molecule has 0 amide bonds. The number of aliphatic hydroxyl groups is 1. The average molecular weight is 226 g/mol. The maximum absolute atomic E-state index is 9.34. The third-order valence-electron chi connectivity index (χ3n) is 3.16. The molecule has 0 unspecified atom stereocenters. The third-order valence-corrected chi connectivity index (χ3v) is 3.51. The van der Waals surface area contributed by atoms with Crippen LogP contribution in [0.25, 0.3) is 0 Å². The minimum absolute atomic E-state index is 0.236. The first kappa shape index (κ1) is 10.9. The predicted octanol–water partition coefficient (Wildman–Crippen LogP) is 1.98. The van der Waals surface area contributed by atoms with Crippen LogP contribution in [0.5, 0.6) is 0 Å². The topological polar surface area (TPSA) is 23.5 Å². The van der Waals surface area contributed by atoms with E-state index in [1.165, 1.54) is 5.56 Å². The summed E-state index contributed by atoms with van der Waals surface area (Å²) in [6.45, 7) is 2.17. The van der Waals surface area contributed by atoms with E-state index in [-0.39, 0.29) is 6.61 Å². The van der Waals surface area contributed by atoms with Crippen molar-refractivity contribution in [2.75, 3.05) is 26.7 Å². The normalized spacial score (nSPS) is 27.1. The van der Waals surface area contributed by atoms with Gasteiger partial charge in [0.1, 0.15) is 0 Å². The summed E-state index contributed by atoms with van der Waals surface area (Å²) in [4.78, 5) is 2.24.